The molecule has 5 heteroatoms. The molecule has 82 valence electrons. The number of carbonyl (C=O) groups excluding carboxylic acids is 1. The van der Waals surface area contributed by atoms with Crippen LogP contribution in [0.2, 0.25) is 5.02 Å². The standard InChI is InChI=1S/C11H10ClN3O/c1-15-11-8(10(14-15)6-2-3-6)9(12)7(5-16)4-13-11/h4-6H,2-3H2,1H3. The molecule has 0 unspecified atom stereocenters. The average Bonchev–Trinajstić information content (AvgIpc) is 3.05. The lowest BCUT2D eigenvalue weighted by molar-refractivity contribution is 0.112. The molecule has 1 saturated carbocycles. The molecular weight excluding hydrogens is 226 g/mol. The zero-order valence-electron chi connectivity index (χ0n) is 8.77. The summed E-state index contributed by atoms with van der Waals surface area (Å²) in [6, 6.07) is 0. The van der Waals surface area contributed by atoms with Crippen molar-refractivity contribution in [3.05, 3.63) is 22.5 Å². The summed E-state index contributed by atoms with van der Waals surface area (Å²) in [6.07, 6.45) is 4.52. The van der Waals surface area contributed by atoms with Crippen LogP contribution in [0.15, 0.2) is 6.20 Å². The van der Waals surface area contributed by atoms with Gasteiger partial charge < -0.3 is 0 Å². The summed E-state index contributed by atoms with van der Waals surface area (Å²) in [6.45, 7) is 0. The maximum Gasteiger partial charge on any atom is 0.159 e. The van der Waals surface area contributed by atoms with Gasteiger partial charge in [-0.3, -0.25) is 9.48 Å². The molecule has 0 saturated heterocycles. The second-order valence-electron chi connectivity index (χ2n) is 4.13. The van der Waals surface area contributed by atoms with Crippen LogP contribution in [0, 0.1) is 0 Å². The number of rotatable bonds is 2. The van der Waals surface area contributed by atoms with Crippen molar-refractivity contribution in [2.24, 2.45) is 7.05 Å². The molecular formula is C11H10ClN3O. The quantitative estimate of drug-likeness (QED) is 0.751. The Labute approximate surface area is 97.2 Å². The molecule has 0 bridgehead atoms. The Balaban J connectivity index is 2.38. The van der Waals surface area contributed by atoms with Crippen LogP contribution in [0.3, 0.4) is 0 Å². The lowest BCUT2D eigenvalue weighted by Crippen LogP contribution is -1.93. The van der Waals surface area contributed by atoms with Gasteiger partial charge in [-0.25, -0.2) is 4.98 Å². The van der Waals surface area contributed by atoms with Gasteiger partial charge in [-0.2, -0.15) is 5.10 Å². The zero-order chi connectivity index (χ0) is 11.3. The summed E-state index contributed by atoms with van der Waals surface area (Å²) >= 11 is 6.21. The van der Waals surface area contributed by atoms with Gasteiger partial charge in [0.25, 0.3) is 0 Å². The van der Waals surface area contributed by atoms with Gasteiger partial charge in [0.15, 0.2) is 11.9 Å². The zero-order valence-corrected chi connectivity index (χ0v) is 9.53. The number of aryl methyl sites for hydroxylation is 1. The molecule has 0 aliphatic heterocycles. The molecule has 1 aliphatic rings. The first-order valence-electron chi connectivity index (χ1n) is 5.18. The van der Waals surface area contributed by atoms with Crippen LogP contribution in [-0.4, -0.2) is 21.1 Å². The first-order valence-corrected chi connectivity index (χ1v) is 5.56. The Morgan fingerprint density at radius 3 is 2.94 bits per heavy atom. The maximum absolute atomic E-state index is 10.8. The van der Waals surface area contributed by atoms with Crippen LogP contribution < -0.4 is 0 Å². The van der Waals surface area contributed by atoms with Gasteiger partial charge in [-0.05, 0) is 12.8 Å². The number of carbonyl (C=O) groups is 1. The molecule has 2 aromatic heterocycles. The minimum Gasteiger partial charge on any atom is -0.298 e. The van der Waals surface area contributed by atoms with Gasteiger partial charge in [0.2, 0.25) is 0 Å². The van der Waals surface area contributed by atoms with Crippen LogP contribution >= 0.6 is 11.6 Å². The van der Waals surface area contributed by atoms with Gasteiger partial charge >= 0.3 is 0 Å². The first kappa shape index (κ1) is 9.78. The lowest BCUT2D eigenvalue weighted by atomic mass is 10.1. The summed E-state index contributed by atoms with van der Waals surface area (Å²) in [5.74, 6) is 0.491. The minimum atomic E-state index is 0.434. The van der Waals surface area contributed by atoms with Gasteiger partial charge in [0.1, 0.15) is 0 Å². The average molecular weight is 236 g/mol. The predicted octanol–water partition coefficient (Wildman–Crippen LogP) is 2.31. The molecule has 2 heterocycles. The van der Waals surface area contributed by atoms with E-state index in [1.165, 1.54) is 6.20 Å². The molecule has 0 atom stereocenters. The van der Waals surface area contributed by atoms with E-state index in [4.69, 9.17) is 11.6 Å². The van der Waals surface area contributed by atoms with Crippen LogP contribution in [0.5, 0.6) is 0 Å². The largest absolute Gasteiger partial charge is 0.298 e. The number of aldehydes is 1. The number of fused-ring (bicyclic) bond motifs is 1. The molecule has 0 N–H and O–H groups in total. The Morgan fingerprint density at radius 1 is 1.56 bits per heavy atom. The smallest absolute Gasteiger partial charge is 0.159 e. The van der Waals surface area contributed by atoms with Crippen LogP contribution in [0.4, 0.5) is 0 Å². The van der Waals surface area contributed by atoms with Crippen molar-refractivity contribution in [2.75, 3.05) is 0 Å². The van der Waals surface area contributed by atoms with Gasteiger partial charge in [0.05, 0.1) is 21.7 Å². The number of hydrogen-bond acceptors (Lipinski definition) is 3. The highest BCUT2D eigenvalue weighted by molar-refractivity contribution is 6.37. The van der Waals surface area contributed by atoms with Crippen molar-refractivity contribution in [1.29, 1.82) is 0 Å². The highest BCUT2D eigenvalue weighted by atomic mass is 35.5. The molecule has 2 aromatic rings. The van der Waals surface area contributed by atoms with Crippen molar-refractivity contribution >= 4 is 28.9 Å². The summed E-state index contributed by atoms with van der Waals surface area (Å²) < 4.78 is 1.73. The van der Waals surface area contributed by atoms with Crippen molar-refractivity contribution in [3.63, 3.8) is 0 Å². The van der Waals surface area contributed by atoms with E-state index in [9.17, 15) is 4.79 Å². The third kappa shape index (κ3) is 1.26. The molecule has 4 nitrogen and oxygen atoms in total. The summed E-state index contributed by atoms with van der Waals surface area (Å²) in [4.78, 5) is 15.1. The van der Waals surface area contributed by atoms with Gasteiger partial charge in [-0.1, -0.05) is 11.6 Å². The highest BCUT2D eigenvalue weighted by Gasteiger charge is 2.30. The molecule has 0 spiro atoms. The van der Waals surface area contributed by atoms with E-state index in [-0.39, 0.29) is 0 Å². The van der Waals surface area contributed by atoms with E-state index >= 15 is 0 Å². The Morgan fingerprint density at radius 2 is 2.31 bits per heavy atom. The van der Waals surface area contributed by atoms with E-state index < -0.39 is 0 Å². The maximum atomic E-state index is 10.8. The van der Waals surface area contributed by atoms with Crippen LogP contribution in [-0.2, 0) is 7.05 Å². The first-order chi connectivity index (χ1) is 7.72. The minimum absolute atomic E-state index is 0.434. The molecule has 16 heavy (non-hydrogen) atoms. The third-order valence-electron chi connectivity index (χ3n) is 2.93. The molecule has 0 amide bonds. The monoisotopic (exact) mass is 235 g/mol. The van der Waals surface area contributed by atoms with E-state index in [0.717, 1.165) is 35.9 Å². The van der Waals surface area contributed by atoms with E-state index in [0.29, 0.717) is 16.5 Å². The van der Waals surface area contributed by atoms with Crippen LogP contribution in [0.25, 0.3) is 11.0 Å². The number of halogens is 1. The van der Waals surface area contributed by atoms with E-state index in [1.54, 1.807) is 4.68 Å². The molecule has 3 rings (SSSR count). The molecule has 1 fully saturated rings. The van der Waals surface area contributed by atoms with E-state index in [2.05, 4.69) is 10.1 Å². The van der Waals surface area contributed by atoms with E-state index in [1.807, 2.05) is 7.05 Å². The van der Waals surface area contributed by atoms with Crippen LogP contribution in [0.1, 0.15) is 34.8 Å². The van der Waals surface area contributed by atoms with Crippen molar-refractivity contribution in [3.8, 4) is 0 Å². The number of pyridine rings is 1. The number of nitrogens with zero attached hydrogens (tertiary/aromatic N) is 3. The second kappa shape index (κ2) is 3.28. The lowest BCUT2D eigenvalue weighted by Gasteiger charge is -1.99. The number of hydrogen-bond donors (Lipinski definition) is 0. The van der Waals surface area contributed by atoms with Crippen molar-refractivity contribution in [1.82, 2.24) is 14.8 Å². The molecule has 1 aliphatic carbocycles. The fourth-order valence-electron chi connectivity index (χ4n) is 1.95. The third-order valence-corrected chi connectivity index (χ3v) is 3.34. The summed E-state index contributed by atoms with van der Waals surface area (Å²) in [5, 5.41) is 5.77. The molecule has 0 radical (unpaired) electrons. The van der Waals surface area contributed by atoms with Gasteiger partial charge in [0, 0.05) is 19.2 Å². The fourth-order valence-corrected chi connectivity index (χ4v) is 2.23. The normalized spacial score (nSPS) is 15.6. The summed E-state index contributed by atoms with van der Waals surface area (Å²) in [7, 11) is 1.85. The second-order valence-corrected chi connectivity index (χ2v) is 4.51. The Kier molecular flexibility index (Phi) is 2.01. The number of aromatic nitrogens is 3. The topological polar surface area (TPSA) is 47.8 Å². The van der Waals surface area contributed by atoms with Crippen molar-refractivity contribution < 1.29 is 4.79 Å². The molecule has 0 aromatic carbocycles. The Bertz CT molecular complexity index is 586. The Hall–Kier alpha value is -1.42. The SMILES string of the molecule is Cn1nc(C2CC2)c2c(Cl)c(C=O)cnc21. The summed E-state index contributed by atoms with van der Waals surface area (Å²) in [5.41, 5.74) is 2.17. The van der Waals surface area contributed by atoms with Crippen molar-refractivity contribution in [2.45, 2.75) is 18.8 Å². The predicted molar refractivity (Wildman–Crippen MR) is 60.9 cm³/mol. The highest BCUT2D eigenvalue weighted by Crippen LogP contribution is 2.44. The fraction of sp³-hybridized carbons (Fsp3) is 0.364. The van der Waals surface area contributed by atoms with Gasteiger partial charge in [-0.15, -0.1) is 0 Å².